The lowest BCUT2D eigenvalue weighted by atomic mass is 9.90. The molecule has 118 valence electrons. The van der Waals surface area contributed by atoms with Crippen LogP contribution in [0, 0.1) is 17.2 Å². The van der Waals surface area contributed by atoms with Crippen LogP contribution in [-0.2, 0) is 6.42 Å². The molecule has 0 saturated carbocycles. The fraction of sp³-hybridized carbons (Fsp3) is 0.350. The molecule has 3 heteroatoms. The van der Waals surface area contributed by atoms with Crippen LogP contribution >= 0.6 is 0 Å². The summed E-state index contributed by atoms with van der Waals surface area (Å²) in [6.45, 7) is 2.02. The van der Waals surface area contributed by atoms with E-state index in [9.17, 15) is 5.26 Å². The van der Waals surface area contributed by atoms with E-state index in [1.807, 2.05) is 18.2 Å². The summed E-state index contributed by atoms with van der Waals surface area (Å²) >= 11 is 0. The van der Waals surface area contributed by atoms with Gasteiger partial charge in [0.1, 0.15) is 11.8 Å². The first-order valence-corrected chi connectivity index (χ1v) is 8.17. The SMILES string of the molecule is COc1ccc(N2CCC(Cc3ccccc3)CC2)c(C#N)c1. The van der Waals surface area contributed by atoms with Gasteiger partial charge in [-0.3, -0.25) is 0 Å². The molecule has 23 heavy (non-hydrogen) atoms. The first-order valence-electron chi connectivity index (χ1n) is 8.17. The second kappa shape index (κ2) is 7.19. The summed E-state index contributed by atoms with van der Waals surface area (Å²) in [4.78, 5) is 2.33. The van der Waals surface area contributed by atoms with Gasteiger partial charge in [-0.1, -0.05) is 30.3 Å². The summed E-state index contributed by atoms with van der Waals surface area (Å²) in [5.41, 5.74) is 3.16. The largest absolute Gasteiger partial charge is 0.497 e. The molecule has 1 aliphatic rings. The van der Waals surface area contributed by atoms with E-state index < -0.39 is 0 Å². The Bertz CT molecular complexity index is 683. The third-order valence-electron chi connectivity index (χ3n) is 4.65. The minimum atomic E-state index is 0.700. The quantitative estimate of drug-likeness (QED) is 0.856. The molecule has 0 aliphatic carbocycles. The number of piperidine rings is 1. The summed E-state index contributed by atoms with van der Waals surface area (Å²) < 4.78 is 5.21. The second-order valence-corrected chi connectivity index (χ2v) is 6.12. The molecule has 1 heterocycles. The van der Waals surface area contributed by atoms with Gasteiger partial charge in [0.15, 0.2) is 0 Å². The predicted molar refractivity (Wildman–Crippen MR) is 92.8 cm³/mol. The minimum Gasteiger partial charge on any atom is -0.497 e. The molecule has 1 aliphatic heterocycles. The highest BCUT2D eigenvalue weighted by Gasteiger charge is 2.21. The van der Waals surface area contributed by atoms with Gasteiger partial charge in [0.25, 0.3) is 0 Å². The van der Waals surface area contributed by atoms with Crippen LogP contribution in [0.4, 0.5) is 5.69 Å². The smallest absolute Gasteiger partial charge is 0.120 e. The van der Waals surface area contributed by atoms with Crippen molar-refractivity contribution in [3.63, 3.8) is 0 Å². The summed E-state index contributed by atoms with van der Waals surface area (Å²) in [7, 11) is 1.63. The Morgan fingerprint density at radius 2 is 1.87 bits per heavy atom. The second-order valence-electron chi connectivity index (χ2n) is 6.12. The van der Waals surface area contributed by atoms with Crippen molar-refractivity contribution in [3.8, 4) is 11.8 Å². The molecule has 0 bridgehead atoms. The Morgan fingerprint density at radius 3 is 2.52 bits per heavy atom. The van der Waals surface area contributed by atoms with E-state index in [-0.39, 0.29) is 0 Å². The van der Waals surface area contributed by atoms with Crippen molar-refractivity contribution in [1.82, 2.24) is 0 Å². The Balaban J connectivity index is 1.64. The Kier molecular flexibility index (Phi) is 4.83. The Morgan fingerprint density at radius 1 is 1.13 bits per heavy atom. The number of benzene rings is 2. The summed E-state index contributed by atoms with van der Waals surface area (Å²) in [5.74, 6) is 1.47. The molecule has 2 aromatic rings. The normalized spacial score (nSPS) is 15.2. The molecule has 0 N–H and O–H groups in total. The van der Waals surface area contributed by atoms with Crippen LogP contribution in [0.1, 0.15) is 24.0 Å². The van der Waals surface area contributed by atoms with E-state index in [0.29, 0.717) is 5.56 Å². The molecule has 0 amide bonds. The van der Waals surface area contributed by atoms with Crippen molar-refractivity contribution >= 4 is 5.69 Å². The number of methoxy groups -OCH3 is 1. The Hall–Kier alpha value is -2.47. The number of rotatable bonds is 4. The van der Waals surface area contributed by atoms with Gasteiger partial charge >= 0.3 is 0 Å². The topological polar surface area (TPSA) is 36.3 Å². The number of nitriles is 1. The highest BCUT2D eigenvalue weighted by molar-refractivity contribution is 5.61. The molecule has 1 fully saturated rings. The summed E-state index contributed by atoms with van der Waals surface area (Å²) in [6, 6.07) is 18.8. The van der Waals surface area contributed by atoms with E-state index in [4.69, 9.17) is 4.74 Å². The van der Waals surface area contributed by atoms with Gasteiger partial charge in [0, 0.05) is 13.1 Å². The molecule has 0 spiro atoms. The number of anilines is 1. The molecule has 3 rings (SSSR count). The van der Waals surface area contributed by atoms with Gasteiger partial charge in [0.2, 0.25) is 0 Å². The van der Waals surface area contributed by atoms with Crippen LogP contribution < -0.4 is 9.64 Å². The lowest BCUT2D eigenvalue weighted by molar-refractivity contribution is 0.402. The fourth-order valence-corrected chi connectivity index (χ4v) is 3.33. The third kappa shape index (κ3) is 3.65. The summed E-state index contributed by atoms with van der Waals surface area (Å²) in [6.07, 6.45) is 3.50. The molecule has 0 atom stereocenters. The molecule has 0 unspecified atom stereocenters. The summed E-state index contributed by atoms with van der Waals surface area (Å²) in [5, 5.41) is 9.38. The lowest BCUT2D eigenvalue weighted by Crippen LogP contribution is -2.34. The zero-order chi connectivity index (χ0) is 16.1. The van der Waals surface area contributed by atoms with E-state index in [1.165, 1.54) is 18.4 Å². The van der Waals surface area contributed by atoms with Crippen molar-refractivity contribution in [3.05, 3.63) is 59.7 Å². The minimum absolute atomic E-state index is 0.700. The number of ether oxygens (including phenoxy) is 1. The number of nitrogens with zero attached hydrogens (tertiary/aromatic N) is 2. The lowest BCUT2D eigenvalue weighted by Gasteiger charge is -2.34. The van der Waals surface area contributed by atoms with Crippen molar-refractivity contribution in [1.29, 1.82) is 5.26 Å². The molecule has 0 radical (unpaired) electrons. The average Bonchev–Trinajstić information content (AvgIpc) is 2.63. The Labute approximate surface area is 138 Å². The van der Waals surface area contributed by atoms with Crippen LogP contribution in [0.25, 0.3) is 0 Å². The van der Waals surface area contributed by atoms with Gasteiger partial charge in [-0.2, -0.15) is 5.26 Å². The molecule has 0 aromatic heterocycles. The van der Waals surface area contributed by atoms with Crippen molar-refractivity contribution < 1.29 is 4.74 Å². The average molecular weight is 306 g/mol. The molecule has 3 nitrogen and oxygen atoms in total. The molecular formula is C20H22N2O. The van der Waals surface area contributed by atoms with Crippen molar-refractivity contribution in [2.45, 2.75) is 19.3 Å². The predicted octanol–water partition coefficient (Wildman–Crippen LogP) is 4.03. The van der Waals surface area contributed by atoms with E-state index >= 15 is 0 Å². The number of hydrogen-bond acceptors (Lipinski definition) is 3. The van der Waals surface area contributed by atoms with Gasteiger partial charge in [-0.05, 0) is 48.9 Å². The number of hydrogen-bond donors (Lipinski definition) is 0. The fourth-order valence-electron chi connectivity index (χ4n) is 3.33. The van der Waals surface area contributed by atoms with Gasteiger partial charge < -0.3 is 9.64 Å². The monoisotopic (exact) mass is 306 g/mol. The zero-order valence-electron chi connectivity index (χ0n) is 13.5. The maximum absolute atomic E-state index is 9.38. The van der Waals surface area contributed by atoms with Gasteiger partial charge in [-0.15, -0.1) is 0 Å². The van der Waals surface area contributed by atoms with Crippen molar-refractivity contribution in [2.75, 3.05) is 25.1 Å². The van der Waals surface area contributed by atoms with Crippen LogP contribution in [0.2, 0.25) is 0 Å². The first kappa shape index (κ1) is 15.4. The van der Waals surface area contributed by atoms with Crippen molar-refractivity contribution in [2.24, 2.45) is 5.92 Å². The van der Waals surface area contributed by atoms with Crippen LogP contribution in [0.5, 0.6) is 5.75 Å². The molecule has 2 aromatic carbocycles. The first-order chi connectivity index (χ1) is 11.3. The zero-order valence-corrected chi connectivity index (χ0v) is 13.5. The maximum Gasteiger partial charge on any atom is 0.120 e. The highest BCUT2D eigenvalue weighted by Crippen LogP contribution is 2.30. The highest BCUT2D eigenvalue weighted by atomic mass is 16.5. The standard InChI is InChI=1S/C20H22N2O/c1-23-19-7-8-20(18(14-19)15-21)22-11-9-17(10-12-22)13-16-5-3-2-4-6-16/h2-8,14,17H,9-13H2,1H3. The van der Waals surface area contributed by atoms with E-state index in [2.05, 4.69) is 41.3 Å². The maximum atomic E-state index is 9.38. The van der Waals surface area contributed by atoms with Crippen LogP contribution in [0.3, 0.4) is 0 Å². The van der Waals surface area contributed by atoms with Crippen LogP contribution in [-0.4, -0.2) is 20.2 Å². The molecular weight excluding hydrogens is 284 g/mol. The van der Waals surface area contributed by atoms with E-state index in [1.54, 1.807) is 7.11 Å². The van der Waals surface area contributed by atoms with E-state index in [0.717, 1.165) is 36.9 Å². The van der Waals surface area contributed by atoms with Gasteiger partial charge in [0.05, 0.1) is 18.4 Å². The molecule has 1 saturated heterocycles. The third-order valence-corrected chi connectivity index (χ3v) is 4.65. The van der Waals surface area contributed by atoms with Gasteiger partial charge in [-0.25, -0.2) is 0 Å². The van der Waals surface area contributed by atoms with Crippen LogP contribution in [0.15, 0.2) is 48.5 Å².